The Kier molecular flexibility index (Phi) is 4.56. The minimum Gasteiger partial charge on any atom is -0.478 e. The molecule has 0 aromatic carbocycles. The molecule has 0 bridgehead atoms. The van der Waals surface area contributed by atoms with Crippen molar-refractivity contribution in [1.29, 1.82) is 0 Å². The van der Waals surface area contributed by atoms with Crippen LogP contribution in [0.25, 0.3) is 0 Å². The fourth-order valence-electron chi connectivity index (χ4n) is 1.63. The Balaban J connectivity index is 2.87. The molecule has 0 aliphatic heterocycles. The van der Waals surface area contributed by atoms with E-state index in [-0.39, 0.29) is 23.6 Å². The number of hydrogen-bond donors (Lipinski definition) is 4. The summed E-state index contributed by atoms with van der Waals surface area (Å²) in [4.78, 5) is 15.0. The molecular formula is C11H18N4O4S. The van der Waals surface area contributed by atoms with E-state index in [0.29, 0.717) is 0 Å². The van der Waals surface area contributed by atoms with Gasteiger partial charge in [0, 0.05) is 12.1 Å². The lowest BCUT2D eigenvalue weighted by molar-refractivity contribution is 0.0697. The van der Waals surface area contributed by atoms with Crippen molar-refractivity contribution in [3.8, 4) is 0 Å². The SMILES string of the molecule is CC(C)(CNc1ncc(N)cc1C(=O)O)NS(C)(=O)=O. The number of nitrogens with zero attached hydrogens (tertiary/aromatic N) is 1. The highest BCUT2D eigenvalue weighted by Crippen LogP contribution is 2.16. The number of nitrogens with two attached hydrogens (primary N) is 1. The number of nitrogens with one attached hydrogen (secondary N) is 2. The Labute approximate surface area is 117 Å². The zero-order chi connectivity index (χ0) is 15.6. The average molecular weight is 302 g/mol. The molecule has 0 saturated carbocycles. The van der Waals surface area contributed by atoms with E-state index in [1.807, 2.05) is 0 Å². The zero-order valence-electron chi connectivity index (χ0n) is 11.5. The van der Waals surface area contributed by atoms with Gasteiger partial charge in [-0.2, -0.15) is 0 Å². The summed E-state index contributed by atoms with van der Waals surface area (Å²) < 4.78 is 24.9. The molecule has 0 aliphatic rings. The molecule has 0 aliphatic carbocycles. The van der Waals surface area contributed by atoms with Gasteiger partial charge in [-0.15, -0.1) is 0 Å². The van der Waals surface area contributed by atoms with Crippen LogP contribution >= 0.6 is 0 Å². The highest BCUT2D eigenvalue weighted by Gasteiger charge is 2.23. The first-order valence-corrected chi connectivity index (χ1v) is 7.61. The third-order valence-corrected chi connectivity index (χ3v) is 3.22. The Morgan fingerprint density at radius 3 is 2.60 bits per heavy atom. The Morgan fingerprint density at radius 2 is 2.10 bits per heavy atom. The van der Waals surface area contributed by atoms with E-state index < -0.39 is 21.5 Å². The van der Waals surface area contributed by atoms with Crippen molar-refractivity contribution >= 4 is 27.5 Å². The minimum atomic E-state index is -3.37. The van der Waals surface area contributed by atoms with Crippen molar-refractivity contribution in [1.82, 2.24) is 9.71 Å². The molecule has 0 saturated heterocycles. The molecule has 9 heteroatoms. The number of rotatable bonds is 6. The van der Waals surface area contributed by atoms with Crippen LogP contribution in [-0.2, 0) is 10.0 Å². The molecule has 0 atom stereocenters. The van der Waals surface area contributed by atoms with Crippen LogP contribution in [0.3, 0.4) is 0 Å². The minimum absolute atomic E-state index is 0.0693. The first-order chi connectivity index (χ1) is 9.00. The number of carbonyl (C=O) groups is 1. The van der Waals surface area contributed by atoms with Crippen LogP contribution in [0.2, 0.25) is 0 Å². The number of carboxylic acid groups (broad SMARTS) is 1. The molecule has 0 amide bonds. The molecule has 20 heavy (non-hydrogen) atoms. The Morgan fingerprint density at radius 1 is 1.50 bits per heavy atom. The highest BCUT2D eigenvalue weighted by molar-refractivity contribution is 7.88. The summed E-state index contributed by atoms with van der Waals surface area (Å²) in [6, 6.07) is 1.29. The van der Waals surface area contributed by atoms with Crippen molar-refractivity contribution in [2.24, 2.45) is 0 Å². The van der Waals surface area contributed by atoms with Gasteiger partial charge in [0.15, 0.2) is 0 Å². The van der Waals surface area contributed by atoms with Crippen LogP contribution in [0.4, 0.5) is 11.5 Å². The van der Waals surface area contributed by atoms with Crippen molar-refractivity contribution in [3.05, 3.63) is 17.8 Å². The predicted molar refractivity (Wildman–Crippen MR) is 76.2 cm³/mol. The quantitative estimate of drug-likeness (QED) is 0.585. The van der Waals surface area contributed by atoms with Gasteiger partial charge in [-0.05, 0) is 19.9 Å². The summed E-state index contributed by atoms with van der Waals surface area (Å²) in [5, 5.41) is 11.9. The average Bonchev–Trinajstić information content (AvgIpc) is 2.23. The summed E-state index contributed by atoms with van der Waals surface area (Å²) in [7, 11) is -3.37. The molecular weight excluding hydrogens is 284 g/mol. The molecule has 1 heterocycles. The molecule has 0 unspecified atom stereocenters. The summed E-state index contributed by atoms with van der Waals surface area (Å²) in [6.45, 7) is 3.49. The lowest BCUT2D eigenvalue weighted by Crippen LogP contribution is -2.48. The summed E-state index contributed by atoms with van der Waals surface area (Å²) >= 11 is 0. The van der Waals surface area contributed by atoms with Crippen molar-refractivity contribution in [3.63, 3.8) is 0 Å². The van der Waals surface area contributed by atoms with Crippen LogP contribution < -0.4 is 15.8 Å². The molecule has 8 nitrogen and oxygen atoms in total. The number of aromatic nitrogens is 1. The van der Waals surface area contributed by atoms with E-state index >= 15 is 0 Å². The van der Waals surface area contributed by atoms with Gasteiger partial charge in [-0.25, -0.2) is 22.9 Å². The summed E-state index contributed by atoms with van der Waals surface area (Å²) in [6.07, 6.45) is 2.38. The van der Waals surface area contributed by atoms with Gasteiger partial charge in [0.25, 0.3) is 0 Å². The molecule has 1 aromatic heterocycles. The lowest BCUT2D eigenvalue weighted by Gasteiger charge is -2.25. The second-order valence-corrected chi connectivity index (χ2v) is 6.83. The van der Waals surface area contributed by atoms with Crippen molar-refractivity contribution < 1.29 is 18.3 Å². The standard InChI is InChI=1S/C11H18N4O4S/c1-11(2,15-20(3,18)19)6-14-9-8(10(16)17)4-7(12)5-13-9/h4-5,15H,6,12H2,1-3H3,(H,13,14)(H,16,17). The first-order valence-electron chi connectivity index (χ1n) is 5.72. The Bertz CT molecular complexity index is 613. The van der Waals surface area contributed by atoms with Gasteiger partial charge in [0.2, 0.25) is 10.0 Å². The summed E-state index contributed by atoms with van der Waals surface area (Å²) in [5.74, 6) is -1.03. The van der Waals surface area contributed by atoms with E-state index in [9.17, 15) is 13.2 Å². The predicted octanol–water partition coefficient (Wildman–Crippen LogP) is 0.102. The third-order valence-electron chi connectivity index (χ3n) is 2.30. The number of anilines is 2. The molecule has 1 rings (SSSR count). The second kappa shape index (κ2) is 5.63. The number of sulfonamides is 1. The maximum absolute atomic E-state index is 11.2. The van der Waals surface area contributed by atoms with Gasteiger partial charge in [-0.3, -0.25) is 0 Å². The maximum Gasteiger partial charge on any atom is 0.339 e. The first kappa shape index (κ1) is 16.2. The van der Waals surface area contributed by atoms with E-state index in [1.54, 1.807) is 13.8 Å². The van der Waals surface area contributed by atoms with E-state index in [1.165, 1.54) is 12.3 Å². The number of pyridine rings is 1. The van der Waals surface area contributed by atoms with E-state index in [2.05, 4.69) is 15.0 Å². The van der Waals surface area contributed by atoms with Gasteiger partial charge in [0.1, 0.15) is 11.4 Å². The van der Waals surface area contributed by atoms with Crippen LogP contribution in [0.1, 0.15) is 24.2 Å². The fourth-order valence-corrected chi connectivity index (χ4v) is 2.70. The normalized spacial score (nSPS) is 12.2. The third kappa shape index (κ3) is 5.02. The van der Waals surface area contributed by atoms with Gasteiger partial charge in [-0.1, -0.05) is 0 Å². The van der Waals surface area contributed by atoms with Crippen molar-refractivity contribution in [2.45, 2.75) is 19.4 Å². The van der Waals surface area contributed by atoms with Gasteiger partial charge < -0.3 is 16.2 Å². The van der Waals surface area contributed by atoms with Gasteiger partial charge in [0.05, 0.1) is 18.1 Å². The summed E-state index contributed by atoms with van der Waals surface area (Å²) in [5.41, 5.74) is 4.85. The number of aromatic carboxylic acids is 1. The number of nitrogen functional groups attached to an aromatic ring is 1. The van der Waals surface area contributed by atoms with Crippen LogP contribution in [0.5, 0.6) is 0 Å². The van der Waals surface area contributed by atoms with Gasteiger partial charge >= 0.3 is 5.97 Å². The molecule has 0 spiro atoms. The molecule has 5 N–H and O–H groups in total. The molecule has 1 aromatic rings. The molecule has 0 fully saturated rings. The Hall–Kier alpha value is -1.87. The lowest BCUT2D eigenvalue weighted by atomic mass is 10.1. The number of carboxylic acids is 1. The van der Waals surface area contributed by atoms with Crippen LogP contribution in [0, 0.1) is 0 Å². The smallest absolute Gasteiger partial charge is 0.339 e. The van der Waals surface area contributed by atoms with Crippen LogP contribution in [-0.4, -0.2) is 42.8 Å². The zero-order valence-corrected chi connectivity index (χ0v) is 12.3. The van der Waals surface area contributed by atoms with E-state index in [0.717, 1.165) is 6.26 Å². The maximum atomic E-state index is 11.2. The van der Waals surface area contributed by atoms with Crippen LogP contribution in [0.15, 0.2) is 12.3 Å². The molecule has 112 valence electrons. The fraction of sp³-hybridized carbons (Fsp3) is 0.455. The van der Waals surface area contributed by atoms with Crippen molar-refractivity contribution in [2.75, 3.05) is 23.9 Å². The van der Waals surface area contributed by atoms with E-state index in [4.69, 9.17) is 10.8 Å². The largest absolute Gasteiger partial charge is 0.478 e. The highest BCUT2D eigenvalue weighted by atomic mass is 32.2. The second-order valence-electron chi connectivity index (χ2n) is 5.08. The topological polar surface area (TPSA) is 134 Å². The molecule has 0 radical (unpaired) electrons. The monoisotopic (exact) mass is 302 g/mol. The number of hydrogen-bond acceptors (Lipinski definition) is 6.